The molecule has 1 saturated heterocycles. The van der Waals surface area contributed by atoms with Crippen molar-refractivity contribution in [2.24, 2.45) is 10.8 Å². The van der Waals surface area contributed by atoms with Gasteiger partial charge in [-0.2, -0.15) is 0 Å². The molecule has 0 aromatic rings. The Labute approximate surface area is 211 Å². The average molecular weight is 492 g/mol. The molecule has 2 bridgehead atoms. The summed E-state index contributed by atoms with van der Waals surface area (Å²) in [6.45, 7) is 17.2. The van der Waals surface area contributed by atoms with Gasteiger partial charge < -0.3 is 30.4 Å². The number of nitrogens with zero attached hydrogens (tertiary/aromatic N) is 1. The first-order valence-corrected chi connectivity index (χ1v) is 13.0. The molecule has 3 aliphatic carbocycles. The van der Waals surface area contributed by atoms with Crippen LogP contribution in [0, 0.1) is 16.2 Å². The van der Waals surface area contributed by atoms with Crippen LogP contribution in [-0.4, -0.2) is 59.2 Å². The van der Waals surface area contributed by atoms with Gasteiger partial charge in [0.05, 0.1) is 19.3 Å². The summed E-state index contributed by atoms with van der Waals surface area (Å²) in [5.74, 6) is 0. The molecule has 2 amide bonds. The maximum atomic E-state index is 12.7. The van der Waals surface area contributed by atoms with Gasteiger partial charge in [-0.05, 0) is 80.1 Å². The number of nitrogens with two attached hydrogens (primary N) is 1. The molecule has 0 radical (unpaired) electrons. The van der Waals surface area contributed by atoms with Crippen molar-refractivity contribution in [3.8, 4) is 0 Å². The second-order valence-electron chi connectivity index (χ2n) is 13.6. The van der Waals surface area contributed by atoms with E-state index in [1.165, 1.54) is 0 Å². The predicted molar refractivity (Wildman–Crippen MR) is 136 cm³/mol. The molecule has 0 aromatic heterocycles. The summed E-state index contributed by atoms with van der Waals surface area (Å²) in [4.78, 5) is 26.8. The van der Waals surface area contributed by atoms with Gasteiger partial charge in [-0.3, -0.25) is 0 Å². The Hall–Kier alpha value is -2.09. The molecule has 198 valence electrons. The summed E-state index contributed by atoms with van der Waals surface area (Å²) in [6, 6.07) is 0. The molecular weight excluding hydrogens is 444 g/mol. The van der Waals surface area contributed by atoms with Gasteiger partial charge in [0.1, 0.15) is 11.2 Å². The van der Waals surface area contributed by atoms with Crippen LogP contribution < -0.4 is 10.6 Å². The van der Waals surface area contributed by atoms with Crippen LogP contribution in [0.15, 0.2) is 11.8 Å². The number of quaternary nitrogens is 1. The van der Waals surface area contributed by atoms with Crippen LogP contribution in [0.5, 0.6) is 0 Å². The first-order chi connectivity index (χ1) is 15.9. The lowest BCUT2D eigenvalue weighted by Crippen LogP contribution is -2.83. The van der Waals surface area contributed by atoms with Crippen LogP contribution in [-0.2, 0) is 9.47 Å². The number of piperidine rings is 1. The van der Waals surface area contributed by atoms with E-state index in [-0.39, 0.29) is 23.1 Å². The molecule has 4 fully saturated rings. The van der Waals surface area contributed by atoms with E-state index in [1.807, 2.05) is 55.4 Å². The van der Waals surface area contributed by atoms with Crippen LogP contribution in [0.2, 0.25) is 0 Å². The highest BCUT2D eigenvalue weighted by atomic mass is 16.6. The number of hydrogen-bond acceptors (Lipinski definition) is 5. The summed E-state index contributed by atoms with van der Waals surface area (Å²) in [6.07, 6.45) is 7.60. The standard InChI is InChI=1S/C27H46N4O4/c1-23(2,3)34-21(32)30-27-12-9-26(10-13-27,11-14-27)17-29-15-19-16-31(18-25(7,8)20(19)28)22(33)35-24(4,5)6/h15,28-29H,9-14,16-18H2,1-8H3,(H,30,32)/p+1/b19-15-,28-20?. The minimum Gasteiger partial charge on any atom is -0.444 e. The summed E-state index contributed by atoms with van der Waals surface area (Å²) in [7, 11) is 0. The number of fused-ring (bicyclic) bond motifs is 3. The summed E-state index contributed by atoms with van der Waals surface area (Å²) in [5.41, 5.74) is 0.149. The fourth-order valence-electron chi connectivity index (χ4n) is 5.65. The zero-order chi connectivity index (χ0) is 26.3. The Morgan fingerprint density at radius 2 is 1.54 bits per heavy atom. The van der Waals surface area contributed by atoms with E-state index in [2.05, 4.69) is 16.8 Å². The fraction of sp³-hybridized carbons (Fsp3) is 0.815. The molecule has 8 nitrogen and oxygen atoms in total. The zero-order valence-corrected chi connectivity index (χ0v) is 23.1. The van der Waals surface area contributed by atoms with E-state index in [1.54, 1.807) is 4.90 Å². The maximum absolute atomic E-state index is 12.7. The van der Waals surface area contributed by atoms with Gasteiger partial charge in [0.2, 0.25) is 0 Å². The molecule has 0 aromatic carbocycles. The Morgan fingerprint density at radius 1 is 1.00 bits per heavy atom. The normalized spacial score (nSPS) is 29.8. The number of carbonyl (C=O) groups excluding carboxylic acids is 2. The van der Waals surface area contributed by atoms with Gasteiger partial charge in [-0.1, -0.05) is 13.8 Å². The van der Waals surface area contributed by atoms with Crippen molar-refractivity contribution in [2.45, 2.75) is 111 Å². The van der Waals surface area contributed by atoms with Gasteiger partial charge in [-0.15, -0.1) is 0 Å². The topological polar surface area (TPSA) is 108 Å². The van der Waals surface area contributed by atoms with Crippen molar-refractivity contribution in [3.63, 3.8) is 0 Å². The zero-order valence-electron chi connectivity index (χ0n) is 23.1. The molecule has 4 rings (SSSR count). The van der Waals surface area contributed by atoms with Crippen LogP contribution in [0.3, 0.4) is 0 Å². The summed E-state index contributed by atoms with van der Waals surface area (Å²) in [5, 5.41) is 14.1. The Bertz CT molecular complexity index is 854. The Kier molecular flexibility index (Phi) is 7.40. The molecule has 0 atom stereocenters. The summed E-state index contributed by atoms with van der Waals surface area (Å²) < 4.78 is 11.1. The molecule has 3 saturated carbocycles. The van der Waals surface area contributed by atoms with Crippen molar-refractivity contribution >= 4 is 17.9 Å². The van der Waals surface area contributed by atoms with Crippen molar-refractivity contribution in [2.75, 3.05) is 19.6 Å². The van der Waals surface area contributed by atoms with Gasteiger partial charge in [0.25, 0.3) is 0 Å². The molecule has 1 aliphatic heterocycles. The largest absolute Gasteiger partial charge is 0.444 e. The Balaban J connectivity index is 1.58. The SMILES string of the molecule is CC(C)(C)OC(=O)NC12CCC(C[NH2+]/C=C3/CN(C(=O)OC(C)(C)C)CC(C)(C)C3=N)(CC1)CC2. The van der Waals surface area contributed by atoms with Crippen molar-refractivity contribution < 1.29 is 24.4 Å². The molecule has 8 heteroatoms. The predicted octanol–water partition coefficient (Wildman–Crippen LogP) is 4.35. The smallest absolute Gasteiger partial charge is 0.410 e. The number of likely N-dealkylation sites (tertiary alicyclic amines) is 1. The third-order valence-corrected chi connectivity index (χ3v) is 7.63. The van der Waals surface area contributed by atoms with Gasteiger partial charge in [0, 0.05) is 34.2 Å². The van der Waals surface area contributed by atoms with Gasteiger partial charge in [0.15, 0.2) is 0 Å². The lowest BCUT2D eigenvalue weighted by Gasteiger charge is -2.52. The third kappa shape index (κ3) is 6.99. The van der Waals surface area contributed by atoms with Crippen molar-refractivity contribution in [3.05, 3.63) is 11.8 Å². The van der Waals surface area contributed by atoms with E-state index in [0.717, 1.165) is 50.6 Å². The second-order valence-corrected chi connectivity index (χ2v) is 13.6. The molecular formula is C27H47N4O4+. The number of ether oxygens (including phenoxy) is 2. The highest BCUT2D eigenvalue weighted by molar-refractivity contribution is 6.03. The van der Waals surface area contributed by atoms with E-state index in [9.17, 15) is 9.59 Å². The minimum atomic E-state index is -0.545. The number of rotatable bonds is 4. The van der Waals surface area contributed by atoms with Crippen molar-refractivity contribution in [1.29, 1.82) is 5.41 Å². The van der Waals surface area contributed by atoms with Crippen molar-refractivity contribution in [1.82, 2.24) is 10.2 Å². The summed E-state index contributed by atoms with van der Waals surface area (Å²) >= 11 is 0. The maximum Gasteiger partial charge on any atom is 0.410 e. The molecule has 0 spiro atoms. The lowest BCUT2D eigenvalue weighted by molar-refractivity contribution is -0.604. The van der Waals surface area contributed by atoms with Crippen LogP contribution in [0.25, 0.3) is 0 Å². The van der Waals surface area contributed by atoms with Crippen LogP contribution in [0.4, 0.5) is 9.59 Å². The highest BCUT2D eigenvalue weighted by Crippen LogP contribution is 2.51. The lowest BCUT2D eigenvalue weighted by atomic mass is 9.57. The molecule has 4 N–H and O–H groups in total. The number of nitrogens with one attached hydrogen (secondary N) is 2. The third-order valence-electron chi connectivity index (χ3n) is 7.63. The monoisotopic (exact) mass is 491 g/mol. The van der Waals surface area contributed by atoms with Gasteiger partial charge >= 0.3 is 12.2 Å². The molecule has 35 heavy (non-hydrogen) atoms. The Morgan fingerprint density at radius 3 is 2.06 bits per heavy atom. The second kappa shape index (κ2) is 9.41. The van der Waals surface area contributed by atoms with Gasteiger partial charge in [-0.25, -0.2) is 9.59 Å². The first kappa shape index (κ1) is 27.5. The fourth-order valence-corrected chi connectivity index (χ4v) is 5.65. The van der Waals surface area contributed by atoms with E-state index >= 15 is 0 Å². The average Bonchev–Trinajstić information content (AvgIpc) is 2.69. The number of hydrogen-bond donors (Lipinski definition) is 3. The number of alkyl carbamates (subject to hydrolysis) is 1. The molecule has 1 heterocycles. The number of amides is 2. The van der Waals surface area contributed by atoms with Crippen LogP contribution >= 0.6 is 0 Å². The van der Waals surface area contributed by atoms with Crippen LogP contribution in [0.1, 0.15) is 93.9 Å². The number of carbonyl (C=O) groups is 2. The quantitative estimate of drug-likeness (QED) is 0.543. The van der Waals surface area contributed by atoms with E-state index < -0.39 is 16.6 Å². The van der Waals surface area contributed by atoms with E-state index in [4.69, 9.17) is 14.9 Å². The molecule has 0 unspecified atom stereocenters. The van der Waals surface area contributed by atoms with E-state index in [0.29, 0.717) is 18.8 Å². The highest BCUT2D eigenvalue weighted by Gasteiger charge is 2.50. The minimum absolute atomic E-state index is 0.133. The molecule has 4 aliphatic rings. The first-order valence-electron chi connectivity index (χ1n) is 13.0.